The van der Waals surface area contributed by atoms with Gasteiger partial charge in [0.05, 0.1) is 41.8 Å². The Morgan fingerprint density at radius 3 is 1.79 bits per heavy atom. The van der Waals surface area contributed by atoms with Gasteiger partial charge < -0.3 is 4.74 Å². The fraction of sp³-hybridized carbons (Fsp3) is 0.0690. The second-order valence-corrected chi connectivity index (χ2v) is 16.2. The molecule has 296 valence electrons. The zero-order valence-electron chi connectivity index (χ0n) is 44.1. The number of aromatic nitrogens is 3. The molecule has 0 atom stereocenters. The van der Waals surface area contributed by atoms with Crippen molar-refractivity contribution in [3.63, 3.8) is 0 Å². The first-order valence-corrected chi connectivity index (χ1v) is 20.4. The Hall–Kier alpha value is -7.82. The molecule has 10 aromatic rings. The van der Waals surface area contributed by atoms with Crippen LogP contribution in [0.1, 0.15) is 40.0 Å². The molecular weight excluding hydrogens is 755 g/mol. The molecule has 0 radical (unpaired) electrons. The lowest BCUT2D eigenvalue weighted by atomic mass is 9.76. The third-order valence-corrected chi connectivity index (χ3v) is 11.4. The van der Waals surface area contributed by atoms with Gasteiger partial charge in [0.25, 0.3) is 6.33 Å². The van der Waals surface area contributed by atoms with Crippen LogP contribution in [0.25, 0.3) is 89.3 Å². The highest BCUT2D eigenvalue weighted by Gasteiger charge is 2.29. The van der Waals surface area contributed by atoms with E-state index in [2.05, 4.69) is 87.8 Å². The molecule has 0 spiro atoms. The molecule has 0 fully saturated rings. The molecule has 4 heteroatoms. The summed E-state index contributed by atoms with van der Waals surface area (Å²) in [6, 6.07) is 39.6. The molecule has 1 aliphatic carbocycles. The minimum Gasteiger partial charge on any atom is -0.458 e. The highest BCUT2D eigenvalue weighted by molar-refractivity contribution is 6.03. The van der Waals surface area contributed by atoms with E-state index in [0.29, 0.717) is 28.2 Å². The van der Waals surface area contributed by atoms with Crippen molar-refractivity contribution in [2.45, 2.75) is 26.2 Å². The third-order valence-electron chi connectivity index (χ3n) is 11.4. The zero-order chi connectivity index (χ0) is 50.5. The number of rotatable bonds is 6. The van der Waals surface area contributed by atoms with Gasteiger partial charge in [0.15, 0.2) is 0 Å². The number of nitrogens with zero attached hydrogens (tertiary/aromatic N) is 3. The van der Waals surface area contributed by atoms with Gasteiger partial charge in [-0.15, -0.1) is 0 Å². The Balaban J connectivity index is 1.09. The first-order valence-electron chi connectivity index (χ1n) is 25.4. The van der Waals surface area contributed by atoms with Crippen LogP contribution >= 0.6 is 0 Å². The molecule has 0 unspecified atom stereocenters. The number of ether oxygens (including phenoxy) is 1. The molecule has 0 amide bonds. The Labute approximate surface area is 376 Å². The first kappa shape index (κ1) is 27.8. The molecule has 2 aromatic heterocycles. The lowest BCUT2D eigenvalue weighted by molar-refractivity contribution is -0.571. The summed E-state index contributed by atoms with van der Waals surface area (Å²) in [5.74, 6) is 1.09. The standard InChI is InChI=1S/C58H43N3O/c1-58(2,3)52-34-35-59-56-51-37-43(32-33-49(51)47-25-11-10-24-46(47)48-26-12-13-27-50(48)55(52)56)62-42-23-16-22-41(36-42)60-38-61(54-31-15-14-30-53(54)60)57-44(39-18-6-4-7-19-39)28-17-29-45(57)40-20-8-5-9-21-40/h4-37H,1-3H3/i4D,5D,6D,7D,8D,9D,18D,19D,20D,21D. The van der Waals surface area contributed by atoms with E-state index in [1.807, 2.05) is 66.9 Å². The van der Waals surface area contributed by atoms with E-state index in [1.54, 1.807) is 27.3 Å². The molecule has 11 rings (SSSR count). The van der Waals surface area contributed by atoms with E-state index in [1.165, 1.54) is 5.56 Å². The molecule has 62 heavy (non-hydrogen) atoms. The maximum Gasteiger partial charge on any atom is 0.269 e. The van der Waals surface area contributed by atoms with E-state index >= 15 is 0 Å². The van der Waals surface area contributed by atoms with Crippen molar-refractivity contribution in [1.29, 1.82) is 0 Å². The van der Waals surface area contributed by atoms with Crippen LogP contribution in [-0.2, 0) is 5.41 Å². The average Bonchev–Trinajstić information content (AvgIpc) is 3.77. The summed E-state index contributed by atoms with van der Waals surface area (Å²) in [7, 11) is 0. The van der Waals surface area contributed by atoms with Gasteiger partial charge in [-0.3, -0.25) is 14.1 Å². The highest BCUT2D eigenvalue weighted by Crippen LogP contribution is 2.50. The number of imidazole rings is 1. The van der Waals surface area contributed by atoms with Crippen molar-refractivity contribution < 1.29 is 23.0 Å². The van der Waals surface area contributed by atoms with Crippen LogP contribution in [-0.4, -0.2) is 9.55 Å². The van der Waals surface area contributed by atoms with Gasteiger partial charge in [-0.1, -0.05) is 178 Å². The number of fused-ring (bicyclic) bond motifs is 9. The summed E-state index contributed by atoms with van der Waals surface area (Å²) in [6.45, 7) is 6.66. The van der Waals surface area contributed by atoms with E-state index in [4.69, 9.17) is 23.4 Å². The van der Waals surface area contributed by atoms with E-state index in [-0.39, 0.29) is 33.4 Å². The van der Waals surface area contributed by atoms with Crippen molar-refractivity contribution in [3.8, 4) is 89.8 Å². The fourth-order valence-corrected chi connectivity index (χ4v) is 8.67. The molecule has 0 aliphatic heterocycles. The second kappa shape index (κ2) is 15.0. The number of para-hydroxylation sites is 3. The molecule has 4 nitrogen and oxygen atoms in total. The zero-order valence-corrected chi connectivity index (χ0v) is 34.1. The maximum atomic E-state index is 9.04. The highest BCUT2D eigenvalue weighted by atomic mass is 16.5. The number of hydrogen-bond donors (Lipinski definition) is 0. The van der Waals surface area contributed by atoms with Gasteiger partial charge in [0, 0.05) is 17.3 Å². The third kappa shape index (κ3) is 6.40. The predicted molar refractivity (Wildman–Crippen MR) is 253 cm³/mol. The first-order chi connectivity index (χ1) is 34.5. The van der Waals surface area contributed by atoms with E-state index in [9.17, 15) is 0 Å². The van der Waals surface area contributed by atoms with Crippen LogP contribution in [0.2, 0.25) is 0 Å². The lowest BCUT2D eigenvalue weighted by Gasteiger charge is -2.29. The van der Waals surface area contributed by atoms with Gasteiger partial charge in [0.1, 0.15) is 11.5 Å². The quantitative estimate of drug-likeness (QED) is 0.124. The number of benzene rings is 8. The minimum atomic E-state index is -0.566. The smallest absolute Gasteiger partial charge is 0.269 e. The molecule has 2 heterocycles. The van der Waals surface area contributed by atoms with Gasteiger partial charge in [-0.25, -0.2) is 0 Å². The van der Waals surface area contributed by atoms with Crippen molar-refractivity contribution in [1.82, 2.24) is 9.55 Å². The van der Waals surface area contributed by atoms with Crippen LogP contribution in [0.15, 0.2) is 206 Å². The van der Waals surface area contributed by atoms with Gasteiger partial charge in [-0.05, 0) is 104 Å². The van der Waals surface area contributed by atoms with Crippen LogP contribution < -0.4 is 9.30 Å². The molecule has 0 bridgehead atoms. The Kier molecular flexibility index (Phi) is 6.75. The van der Waals surface area contributed by atoms with Gasteiger partial charge >= 0.3 is 0 Å². The summed E-state index contributed by atoms with van der Waals surface area (Å²) in [5.41, 5.74) is 11.4. The van der Waals surface area contributed by atoms with Crippen LogP contribution in [0.3, 0.4) is 0 Å². The van der Waals surface area contributed by atoms with Crippen LogP contribution in [0.4, 0.5) is 0 Å². The molecule has 0 saturated heterocycles. The maximum absolute atomic E-state index is 9.04. The summed E-state index contributed by atoms with van der Waals surface area (Å²) < 4.78 is 97.4. The molecule has 8 aromatic carbocycles. The SMILES string of the molecule is [2H]c1c([2H])c([2H])c(-c2cccc(-c3c([2H])c([2H])c([2H])c([2H])c3[2H])c2-[n+]2[c-]n(-c3cccc(Oc4ccc5c(c4)-c4nccc(C(C)(C)C)c4-c4ccccc4-c4ccccc4-5)c3)c3ccccc32)c([2H])c1[2H]. The van der Waals surface area contributed by atoms with E-state index in [0.717, 1.165) is 44.6 Å². The van der Waals surface area contributed by atoms with E-state index < -0.39 is 60.4 Å². The van der Waals surface area contributed by atoms with Gasteiger partial charge in [0.2, 0.25) is 0 Å². The summed E-state index contributed by atoms with van der Waals surface area (Å²) >= 11 is 0. The van der Waals surface area contributed by atoms with Crippen molar-refractivity contribution in [2.75, 3.05) is 0 Å². The summed E-state index contributed by atoms with van der Waals surface area (Å²) in [6.07, 6.45) is 5.34. The topological polar surface area (TPSA) is 30.9 Å². The Morgan fingerprint density at radius 1 is 0.548 bits per heavy atom. The van der Waals surface area contributed by atoms with Gasteiger partial charge in [-0.2, -0.15) is 0 Å². The Morgan fingerprint density at radius 2 is 1.11 bits per heavy atom. The van der Waals surface area contributed by atoms with Crippen LogP contribution in [0, 0.1) is 6.33 Å². The van der Waals surface area contributed by atoms with Crippen molar-refractivity contribution in [3.05, 3.63) is 218 Å². The molecule has 0 saturated carbocycles. The molecular formula is C58H43N3O. The lowest BCUT2D eigenvalue weighted by Crippen LogP contribution is -2.31. The van der Waals surface area contributed by atoms with Crippen LogP contribution in [0.5, 0.6) is 11.5 Å². The summed E-state index contributed by atoms with van der Waals surface area (Å²) in [4.78, 5) is 5.10. The summed E-state index contributed by atoms with van der Waals surface area (Å²) in [5, 5.41) is 0. The number of hydrogen-bond acceptors (Lipinski definition) is 2. The molecule has 0 N–H and O–H groups in total. The monoisotopic (exact) mass is 807 g/mol. The van der Waals surface area contributed by atoms with Crippen molar-refractivity contribution >= 4 is 11.0 Å². The largest absolute Gasteiger partial charge is 0.458 e. The second-order valence-electron chi connectivity index (χ2n) is 16.2. The normalized spacial score (nSPS) is 14.0. The predicted octanol–water partition coefficient (Wildman–Crippen LogP) is 14.5. The van der Waals surface area contributed by atoms with Crippen molar-refractivity contribution in [2.24, 2.45) is 0 Å². The average molecular weight is 808 g/mol. The minimum absolute atomic E-state index is 0.130. The Bertz CT molecular complexity index is 3770. The molecule has 1 aliphatic rings. The fourth-order valence-electron chi connectivity index (χ4n) is 8.67. The number of pyridine rings is 1.